The lowest BCUT2D eigenvalue weighted by molar-refractivity contribution is -0.318. The van der Waals surface area contributed by atoms with Gasteiger partial charge < -0.3 is 69.3 Å². The molecule has 4 aliphatic carbocycles. The SMILES string of the molecule is COCC(O)C1OC(OC2C3=C4CC(OC5OC(CO)C(O)C(OC)C5O)C(C(C)CCCC(C)C)C4(C)CCC3C3(C)CCC(O)CC3C2O)C(O)C1O. The van der Waals surface area contributed by atoms with E-state index in [0.29, 0.717) is 31.6 Å². The van der Waals surface area contributed by atoms with Gasteiger partial charge in [-0.25, -0.2) is 0 Å². The van der Waals surface area contributed by atoms with E-state index in [4.69, 9.17) is 28.4 Å². The standard InChI is InChI=1S/C41H70O14/c1-19(2)9-8-10-20(3)29-26(52-39-34(49)37(51-7)31(46)27(17-42)53-39)16-23-28-22(12-14-41(23,29)5)40(4)13-11-21(43)15-24(40)30(45)36(28)55-38-33(48)32(47)35(54-38)25(44)18-50-6/h19-22,24-27,29-39,42-49H,8-18H2,1-7H3. The van der Waals surface area contributed by atoms with Crippen LogP contribution in [0.4, 0.5) is 0 Å². The predicted octanol–water partition coefficient (Wildman–Crippen LogP) is 1.40. The van der Waals surface area contributed by atoms with Gasteiger partial charge in [-0.2, -0.15) is 0 Å². The Morgan fingerprint density at radius 3 is 2.20 bits per heavy atom. The van der Waals surface area contributed by atoms with Gasteiger partial charge in [-0.05, 0) is 84.5 Å². The summed E-state index contributed by atoms with van der Waals surface area (Å²) in [5.74, 6) is 0.353. The zero-order chi connectivity index (χ0) is 40.1. The van der Waals surface area contributed by atoms with E-state index < -0.39 is 97.8 Å². The van der Waals surface area contributed by atoms with Crippen molar-refractivity contribution in [2.75, 3.05) is 27.4 Å². The van der Waals surface area contributed by atoms with Gasteiger partial charge in [0.25, 0.3) is 0 Å². The van der Waals surface area contributed by atoms with E-state index in [9.17, 15) is 40.9 Å². The van der Waals surface area contributed by atoms with Crippen molar-refractivity contribution in [2.45, 2.75) is 178 Å². The van der Waals surface area contributed by atoms with Crippen LogP contribution in [0.1, 0.15) is 92.4 Å². The first-order valence-electron chi connectivity index (χ1n) is 20.8. The van der Waals surface area contributed by atoms with Gasteiger partial charge in [-0.3, -0.25) is 0 Å². The number of rotatable bonds is 14. The normalized spacial score (nSPS) is 48.4. The third kappa shape index (κ3) is 7.97. The highest BCUT2D eigenvalue weighted by molar-refractivity contribution is 5.40. The average molecular weight is 787 g/mol. The molecule has 0 aromatic carbocycles. The van der Waals surface area contributed by atoms with Gasteiger partial charge in [0.2, 0.25) is 0 Å². The van der Waals surface area contributed by atoms with Gasteiger partial charge in [0, 0.05) is 14.2 Å². The Balaban J connectivity index is 1.42. The largest absolute Gasteiger partial charge is 0.394 e. The number of fused-ring (bicyclic) bond motifs is 4. The molecule has 55 heavy (non-hydrogen) atoms. The maximum Gasteiger partial charge on any atom is 0.187 e. The molecule has 0 radical (unpaired) electrons. The maximum absolute atomic E-state index is 12.4. The van der Waals surface area contributed by atoms with Crippen LogP contribution in [0.25, 0.3) is 0 Å². The molecule has 0 spiro atoms. The number of methoxy groups -OCH3 is 2. The van der Waals surface area contributed by atoms with Gasteiger partial charge in [-0.1, -0.05) is 59.5 Å². The predicted molar refractivity (Wildman–Crippen MR) is 198 cm³/mol. The Bertz CT molecular complexity index is 1320. The van der Waals surface area contributed by atoms with Gasteiger partial charge in [0.05, 0.1) is 31.5 Å². The van der Waals surface area contributed by atoms with Gasteiger partial charge in [0.15, 0.2) is 12.6 Å². The quantitative estimate of drug-likeness (QED) is 0.117. The first-order chi connectivity index (χ1) is 26.0. The second kappa shape index (κ2) is 17.4. The van der Waals surface area contributed by atoms with Crippen molar-refractivity contribution in [3.05, 3.63) is 11.1 Å². The summed E-state index contributed by atoms with van der Waals surface area (Å²) in [7, 11) is 2.81. The van der Waals surface area contributed by atoms with Crippen molar-refractivity contribution < 1.29 is 69.3 Å². The molecule has 3 saturated carbocycles. The minimum absolute atomic E-state index is 0.0289. The van der Waals surface area contributed by atoms with Crippen LogP contribution in [0.15, 0.2) is 11.1 Å². The van der Waals surface area contributed by atoms with Crippen molar-refractivity contribution >= 4 is 0 Å². The number of aliphatic hydroxyl groups excluding tert-OH is 8. The fourth-order valence-electron chi connectivity index (χ4n) is 11.9. The second-order valence-electron chi connectivity index (χ2n) is 18.6. The highest BCUT2D eigenvalue weighted by Gasteiger charge is 2.64. The molecule has 318 valence electrons. The number of ether oxygens (including phenoxy) is 6. The summed E-state index contributed by atoms with van der Waals surface area (Å²) in [5.41, 5.74) is 1.26. The molecule has 8 N–H and O–H groups in total. The highest BCUT2D eigenvalue weighted by Crippen LogP contribution is 2.67. The first kappa shape index (κ1) is 43.8. The van der Waals surface area contributed by atoms with E-state index in [1.54, 1.807) is 0 Å². The number of hydrogen-bond donors (Lipinski definition) is 8. The zero-order valence-electron chi connectivity index (χ0n) is 33.8. The fraction of sp³-hybridized carbons (Fsp3) is 0.951. The van der Waals surface area contributed by atoms with Crippen molar-refractivity contribution in [2.24, 2.45) is 40.4 Å². The highest BCUT2D eigenvalue weighted by atomic mass is 16.7. The van der Waals surface area contributed by atoms with Crippen LogP contribution >= 0.6 is 0 Å². The second-order valence-corrected chi connectivity index (χ2v) is 18.6. The van der Waals surface area contributed by atoms with E-state index in [0.717, 1.165) is 43.3 Å². The summed E-state index contributed by atoms with van der Waals surface area (Å²) in [6.07, 6.45) is -8.71. The van der Waals surface area contributed by atoms with Crippen molar-refractivity contribution in [1.29, 1.82) is 0 Å². The Morgan fingerprint density at radius 2 is 1.55 bits per heavy atom. The lowest BCUT2D eigenvalue weighted by Crippen LogP contribution is -2.60. The Morgan fingerprint density at radius 1 is 0.836 bits per heavy atom. The lowest BCUT2D eigenvalue weighted by Gasteiger charge is -2.60. The van der Waals surface area contributed by atoms with E-state index >= 15 is 0 Å². The summed E-state index contributed by atoms with van der Waals surface area (Å²) in [4.78, 5) is 0. The molecule has 20 unspecified atom stereocenters. The third-order valence-electron chi connectivity index (χ3n) is 14.8. The third-order valence-corrected chi connectivity index (χ3v) is 14.8. The van der Waals surface area contributed by atoms with Gasteiger partial charge >= 0.3 is 0 Å². The Hall–Kier alpha value is -0.820. The smallest absolute Gasteiger partial charge is 0.187 e. The number of aliphatic hydroxyl groups is 8. The lowest BCUT2D eigenvalue weighted by atomic mass is 9.47. The minimum Gasteiger partial charge on any atom is -0.394 e. The van der Waals surface area contributed by atoms with Crippen LogP contribution in [0, 0.1) is 40.4 Å². The molecule has 0 aromatic rings. The topological polar surface area (TPSA) is 217 Å². The summed E-state index contributed by atoms with van der Waals surface area (Å²) in [6, 6.07) is 0. The minimum atomic E-state index is -1.50. The van der Waals surface area contributed by atoms with Crippen molar-refractivity contribution in [3.8, 4) is 0 Å². The maximum atomic E-state index is 12.4. The Kier molecular flexibility index (Phi) is 13.9. The molecule has 5 fully saturated rings. The molecule has 2 saturated heterocycles. The molecule has 2 heterocycles. The molecule has 0 bridgehead atoms. The van der Waals surface area contributed by atoms with Crippen LogP contribution in [0.2, 0.25) is 0 Å². The molecule has 2 aliphatic heterocycles. The Labute approximate surface area is 326 Å². The summed E-state index contributed by atoms with van der Waals surface area (Å²) in [5, 5.41) is 88.3. The molecule has 14 nitrogen and oxygen atoms in total. The molecule has 20 atom stereocenters. The van der Waals surface area contributed by atoms with E-state index in [-0.39, 0.29) is 35.7 Å². The van der Waals surface area contributed by atoms with E-state index in [1.165, 1.54) is 14.2 Å². The number of hydrogen-bond acceptors (Lipinski definition) is 14. The summed E-state index contributed by atoms with van der Waals surface area (Å²) < 4.78 is 36.1. The zero-order valence-corrected chi connectivity index (χ0v) is 33.8. The van der Waals surface area contributed by atoms with Crippen LogP contribution in [0.3, 0.4) is 0 Å². The molecule has 14 heteroatoms. The van der Waals surface area contributed by atoms with Crippen LogP contribution in [-0.4, -0.2) is 154 Å². The van der Waals surface area contributed by atoms with Crippen LogP contribution in [-0.2, 0) is 28.4 Å². The molecule has 6 rings (SSSR count). The molecule has 0 aromatic heterocycles. The summed E-state index contributed by atoms with van der Waals surface area (Å²) in [6.45, 7) is 10.6. The van der Waals surface area contributed by atoms with Gasteiger partial charge in [-0.15, -0.1) is 0 Å². The molecular formula is C41H70O14. The van der Waals surface area contributed by atoms with Crippen LogP contribution in [0.5, 0.6) is 0 Å². The molecule has 6 aliphatic rings. The van der Waals surface area contributed by atoms with Gasteiger partial charge in [0.1, 0.15) is 54.9 Å². The van der Waals surface area contributed by atoms with Crippen molar-refractivity contribution in [3.63, 3.8) is 0 Å². The fourth-order valence-corrected chi connectivity index (χ4v) is 11.9. The monoisotopic (exact) mass is 786 g/mol. The van der Waals surface area contributed by atoms with E-state index in [1.807, 2.05) is 0 Å². The average Bonchev–Trinajstić information content (AvgIpc) is 3.59. The van der Waals surface area contributed by atoms with Crippen LogP contribution < -0.4 is 0 Å². The molecule has 0 amide bonds. The summed E-state index contributed by atoms with van der Waals surface area (Å²) >= 11 is 0. The van der Waals surface area contributed by atoms with E-state index in [2.05, 4.69) is 34.6 Å². The molecular weight excluding hydrogens is 716 g/mol. The van der Waals surface area contributed by atoms with Crippen molar-refractivity contribution in [1.82, 2.24) is 0 Å². The first-order valence-corrected chi connectivity index (χ1v) is 20.8.